The third-order valence-corrected chi connectivity index (χ3v) is 2.81. The number of hydrogen-bond donors (Lipinski definition) is 1. The molecule has 8 heteroatoms. The second-order valence-corrected chi connectivity index (χ2v) is 4.34. The normalized spacial score (nSPS) is 14.2. The Morgan fingerprint density at radius 1 is 1.55 bits per heavy atom. The third-order valence-electron chi connectivity index (χ3n) is 2.81. The molecule has 1 fully saturated rings. The number of rotatable bonds is 5. The zero-order valence-corrected chi connectivity index (χ0v) is 10.7. The number of amides is 1. The Morgan fingerprint density at radius 3 is 2.80 bits per heavy atom. The largest absolute Gasteiger partial charge is 0.865 e. The predicted molar refractivity (Wildman–Crippen MR) is 67.6 cm³/mol. The van der Waals surface area contributed by atoms with Gasteiger partial charge in [0.1, 0.15) is 5.75 Å². The standard InChI is InChI=1S/C12H13N3O5/c1-20-10-5-7(4-9(11(10)16)15(18)19)6-13-14-12(17)8-2-3-8/h4-6,8,16H,2-3H2,1H3,(H,14,17)/p-1/b13-6-. The summed E-state index contributed by atoms with van der Waals surface area (Å²) in [5.74, 6) is -1.10. The lowest BCUT2D eigenvalue weighted by atomic mass is 10.2. The first kappa shape index (κ1) is 13.8. The number of hydrogen-bond acceptors (Lipinski definition) is 6. The summed E-state index contributed by atoms with van der Waals surface area (Å²) in [5.41, 5.74) is 2.03. The van der Waals surface area contributed by atoms with E-state index in [1.54, 1.807) is 0 Å². The van der Waals surface area contributed by atoms with Crippen molar-refractivity contribution >= 4 is 17.8 Å². The van der Waals surface area contributed by atoms with E-state index in [0.29, 0.717) is 5.56 Å². The molecule has 0 bridgehead atoms. The van der Waals surface area contributed by atoms with Crippen LogP contribution in [0.25, 0.3) is 0 Å². The number of benzene rings is 1. The topological polar surface area (TPSA) is 117 Å². The first-order chi connectivity index (χ1) is 9.52. The fraction of sp³-hybridized carbons (Fsp3) is 0.333. The summed E-state index contributed by atoms with van der Waals surface area (Å²) in [6.07, 6.45) is 2.94. The van der Waals surface area contributed by atoms with Crippen molar-refractivity contribution < 1.29 is 19.6 Å². The molecular weight excluding hydrogens is 266 g/mol. The van der Waals surface area contributed by atoms with Crippen molar-refractivity contribution in [2.45, 2.75) is 12.8 Å². The summed E-state index contributed by atoms with van der Waals surface area (Å²) in [5, 5.41) is 26.1. The Bertz CT molecular complexity index is 581. The smallest absolute Gasteiger partial charge is 0.266 e. The lowest BCUT2D eigenvalue weighted by Crippen LogP contribution is -2.19. The van der Waals surface area contributed by atoms with Crippen molar-refractivity contribution in [1.82, 2.24) is 5.43 Å². The summed E-state index contributed by atoms with van der Waals surface area (Å²) in [6, 6.07) is 2.40. The molecule has 0 atom stereocenters. The monoisotopic (exact) mass is 278 g/mol. The van der Waals surface area contributed by atoms with Gasteiger partial charge < -0.3 is 9.84 Å². The van der Waals surface area contributed by atoms with Crippen molar-refractivity contribution in [1.29, 1.82) is 0 Å². The van der Waals surface area contributed by atoms with Crippen LogP contribution < -0.4 is 15.3 Å². The SMILES string of the molecule is COc1cc(/C=N\NC(=O)C2CC2)cc([N+](=O)[O-])c1[O-]. The van der Waals surface area contributed by atoms with Crippen LogP contribution >= 0.6 is 0 Å². The van der Waals surface area contributed by atoms with Gasteiger partial charge in [-0.05, 0) is 18.9 Å². The van der Waals surface area contributed by atoms with Crippen LogP contribution in [0.4, 0.5) is 5.69 Å². The molecule has 1 saturated carbocycles. The molecule has 0 aromatic heterocycles. The van der Waals surface area contributed by atoms with Crippen molar-refractivity contribution in [2.24, 2.45) is 11.0 Å². The maximum absolute atomic E-state index is 11.6. The summed E-state index contributed by atoms with van der Waals surface area (Å²) in [7, 11) is 1.25. The minimum absolute atomic E-state index is 0.0139. The van der Waals surface area contributed by atoms with E-state index >= 15 is 0 Å². The van der Waals surface area contributed by atoms with E-state index in [4.69, 9.17) is 4.74 Å². The quantitative estimate of drug-likeness (QED) is 0.479. The van der Waals surface area contributed by atoms with Gasteiger partial charge in [0.2, 0.25) is 5.91 Å². The van der Waals surface area contributed by atoms with Crippen LogP contribution in [0.2, 0.25) is 0 Å². The number of nitro benzene ring substituents is 1. The number of methoxy groups -OCH3 is 1. The van der Waals surface area contributed by atoms with E-state index in [1.165, 1.54) is 19.4 Å². The van der Waals surface area contributed by atoms with Gasteiger partial charge in [-0.15, -0.1) is 0 Å². The van der Waals surface area contributed by atoms with Crippen LogP contribution in [0.5, 0.6) is 11.5 Å². The van der Waals surface area contributed by atoms with E-state index < -0.39 is 16.4 Å². The van der Waals surface area contributed by atoms with Gasteiger partial charge in [0.25, 0.3) is 5.69 Å². The summed E-state index contributed by atoms with van der Waals surface area (Å²) >= 11 is 0. The van der Waals surface area contributed by atoms with Gasteiger partial charge in [0.05, 0.1) is 18.2 Å². The Hall–Kier alpha value is -2.64. The predicted octanol–water partition coefficient (Wildman–Crippen LogP) is 0.537. The number of hydrazone groups is 1. The van der Waals surface area contributed by atoms with E-state index in [1.807, 2.05) is 0 Å². The number of carbonyl (C=O) groups is 1. The number of nitrogens with one attached hydrogen (secondary N) is 1. The summed E-state index contributed by atoms with van der Waals surface area (Å²) in [4.78, 5) is 21.3. The van der Waals surface area contributed by atoms with E-state index in [0.717, 1.165) is 18.9 Å². The number of carbonyl (C=O) groups excluding carboxylic acids is 1. The molecular formula is C12H12N3O5-. The minimum Gasteiger partial charge on any atom is -0.865 e. The van der Waals surface area contributed by atoms with E-state index in [9.17, 15) is 20.0 Å². The van der Waals surface area contributed by atoms with Crippen LogP contribution in [0, 0.1) is 16.0 Å². The molecule has 0 radical (unpaired) electrons. The maximum atomic E-state index is 11.6. The molecule has 8 nitrogen and oxygen atoms in total. The van der Waals surface area contributed by atoms with Crippen molar-refractivity contribution in [2.75, 3.05) is 7.11 Å². The van der Waals surface area contributed by atoms with Crippen molar-refractivity contribution in [3.8, 4) is 11.5 Å². The Morgan fingerprint density at radius 2 is 2.25 bits per heavy atom. The van der Waals surface area contributed by atoms with Crippen LogP contribution in [-0.2, 0) is 4.79 Å². The average molecular weight is 278 g/mol. The number of nitrogens with zero attached hydrogens (tertiary/aromatic N) is 2. The Balaban J connectivity index is 2.18. The fourth-order valence-electron chi connectivity index (χ4n) is 1.58. The van der Waals surface area contributed by atoms with Gasteiger partial charge in [0, 0.05) is 23.3 Å². The van der Waals surface area contributed by atoms with Crippen molar-refractivity contribution in [3.63, 3.8) is 0 Å². The molecule has 106 valence electrons. The van der Waals surface area contributed by atoms with Gasteiger partial charge in [0.15, 0.2) is 0 Å². The average Bonchev–Trinajstić information content (AvgIpc) is 3.24. The first-order valence-electron chi connectivity index (χ1n) is 5.89. The highest BCUT2D eigenvalue weighted by Crippen LogP contribution is 2.34. The van der Waals surface area contributed by atoms with E-state index in [-0.39, 0.29) is 17.6 Å². The summed E-state index contributed by atoms with van der Waals surface area (Å²) < 4.78 is 4.79. The van der Waals surface area contributed by atoms with Crippen LogP contribution in [0.1, 0.15) is 18.4 Å². The van der Waals surface area contributed by atoms with Crippen LogP contribution in [0.15, 0.2) is 17.2 Å². The van der Waals surface area contributed by atoms with Crippen LogP contribution in [-0.4, -0.2) is 24.2 Å². The molecule has 1 aliphatic rings. The van der Waals surface area contributed by atoms with E-state index in [2.05, 4.69) is 10.5 Å². The van der Waals surface area contributed by atoms with Crippen LogP contribution in [0.3, 0.4) is 0 Å². The second-order valence-electron chi connectivity index (χ2n) is 4.34. The fourth-order valence-corrected chi connectivity index (χ4v) is 1.58. The zero-order chi connectivity index (χ0) is 14.7. The molecule has 0 saturated heterocycles. The zero-order valence-electron chi connectivity index (χ0n) is 10.7. The second kappa shape index (κ2) is 5.55. The highest BCUT2D eigenvalue weighted by atomic mass is 16.6. The van der Waals surface area contributed by atoms with Gasteiger partial charge >= 0.3 is 0 Å². The van der Waals surface area contributed by atoms with Gasteiger partial charge in [-0.1, -0.05) is 0 Å². The highest BCUT2D eigenvalue weighted by molar-refractivity contribution is 5.86. The number of nitro groups is 1. The molecule has 1 aromatic rings. The molecule has 1 aliphatic carbocycles. The molecule has 0 aliphatic heterocycles. The highest BCUT2D eigenvalue weighted by Gasteiger charge is 2.29. The lowest BCUT2D eigenvalue weighted by molar-refractivity contribution is -0.398. The van der Waals surface area contributed by atoms with Gasteiger partial charge in [-0.3, -0.25) is 14.9 Å². The molecule has 1 amide bonds. The molecule has 1 N–H and O–H groups in total. The molecule has 2 rings (SSSR count). The molecule has 1 aromatic carbocycles. The molecule has 0 spiro atoms. The molecule has 20 heavy (non-hydrogen) atoms. The van der Waals surface area contributed by atoms with Gasteiger partial charge in [-0.2, -0.15) is 5.10 Å². The molecule has 0 unspecified atom stereocenters. The third kappa shape index (κ3) is 3.02. The maximum Gasteiger partial charge on any atom is 0.266 e. The minimum atomic E-state index is -0.795. The summed E-state index contributed by atoms with van der Waals surface area (Å²) in [6.45, 7) is 0. The number of ether oxygens (including phenoxy) is 1. The first-order valence-corrected chi connectivity index (χ1v) is 5.89. The molecule has 0 heterocycles. The Kier molecular flexibility index (Phi) is 3.83. The van der Waals surface area contributed by atoms with Crippen molar-refractivity contribution in [3.05, 3.63) is 27.8 Å². The lowest BCUT2D eigenvalue weighted by Gasteiger charge is -2.12. The Labute approximate surface area is 114 Å². The van der Waals surface area contributed by atoms with Gasteiger partial charge in [-0.25, -0.2) is 5.43 Å².